The highest BCUT2D eigenvalue weighted by molar-refractivity contribution is 5.75. The van der Waals surface area contributed by atoms with Crippen LogP contribution in [0.4, 0.5) is 0 Å². The van der Waals surface area contributed by atoms with Gasteiger partial charge in [0.15, 0.2) is 0 Å². The van der Waals surface area contributed by atoms with Crippen molar-refractivity contribution in [1.82, 2.24) is 5.32 Å². The molecular formula is C10H14N2O2. The lowest BCUT2D eigenvalue weighted by Gasteiger charge is -2.03. The monoisotopic (exact) mass is 194 g/mol. The van der Waals surface area contributed by atoms with E-state index in [2.05, 4.69) is 5.32 Å². The molecule has 14 heavy (non-hydrogen) atoms. The summed E-state index contributed by atoms with van der Waals surface area (Å²) in [5.41, 5.74) is 6.07. The van der Waals surface area contributed by atoms with Gasteiger partial charge < -0.3 is 15.8 Å². The summed E-state index contributed by atoms with van der Waals surface area (Å²) in [4.78, 5) is 10.4. The van der Waals surface area contributed by atoms with Crippen molar-refractivity contribution in [2.75, 3.05) is 13.7 Å². The molecule has 0 radical (unpaired) electrons. The van der Waals surface area contributed by atoms with Gasteiger partial charge in [0, 0.05) is 6.54 Å². The molecule has 4 heteroatoms. The summed E-state index contributed by atoms with van der Waals surface area (Å²) >= 11 is 0. The summed E-state index contributed by atoms with van der Waals surface area (Å²) in [6.07, 6.45) is 0. The van der Waals surface area contributed by atoms with Crippen LogP contribution < -0.4 is 15.8 Å². The Labute approximate surface area is 83.1 Å². The van der Waals surface area contributed by atoms with E-state index in [4.69, 9.17) is 10.5 Å². The molecule has 0 saturated carbocycles. The number of amides is 1. The Morgan fingerprint density at radius 1 is 1.43 bits per heavy atom. The number of methoxy groups -OCH3 is 1. The lowest BCUT2D eigenvalue weighted by Crippen LogP contribution is -2.28. The average molecular weight is 194 g/mol. The number of hydrogen-bond donors (Lipinski definition) is 2. The largest absolute Gasteiger partial charge is 0.497 e. The molecule has 1 aromatic carbocycles. The minimum atomic E-state index is -0.349. The summed E-state index contributed by atoms with van der Waals surface area (Å²) in [6, 6.07) is 7.63. The van der Waals surface area contributed by atoms with Gasteiger partial charge in [-0.2, -0.15) is 0 Å². The topological polar surface area (TPSA) is 64.3 Å². The van der Waals surface area contributed by atoms with Gasteiger partial charge in [0.2, 0.25) is 5.91 Å². The molecule has 0 heterocycles. The molecular weight excluding hydrogens is 180 g/mol. The molecule has 0 saturated heterocycles. The smallest absolute Gasteiger partial charge is 0.231 e. The van der Waals surface area contributed by atoms with Crippen molar-refractivity contribution >= 4 is 5.91 Å². The SMILES string of the molecule is COc1ccc(CNCC(N)=O)cc1. The second-order valence-corrected chi connectivity index (χ2v) is 2.92. The molecule has 0 aliphatic heterocycles. The zero-order valence-electron chi connectivity index (χ0n) is 8.12. The maximum Gasteiger partial charge on any atom is 0.231 e. The van der Waals surface area contributed by atoms with Crippen molar-refractivity contribution in [3.8, 4) is 5.75 Å². The van der Waals surface area contributed by atoms with Gasteiger partial charge in [-0.25, -0.2) is 0 Å². The first-order chi connectivity index (χ1) is 6.72. The number of nitrogens with two attached hydrogens (primary N) is 1. The van der Waals surface area contributed by atoms with Crippen LogP contribution in [0.3, 0.4) is 0 Å². The number of carbonyl (C=O) groups is 1. The van der Waals surface area contributed by atoms with Gasteiger partial charge in [0.25, 0.3) is 0 Å². The van der Waals surface area contributed by atoms with E-state index in [9.17, 15) is 4.79 Å². The number of nitrogens with one attached hydrogen (secondary N) is 1. The first kappa shape index (κ1) is 10.5. The van der Waals surface area contributed by atoms with Crippen LogP contribution in [0.25, 0.3) is 0 Å². The van der Waals surface area contributed by atoms with E-state index in [1.54, 1.807) is 7.11 Å². The maximum atomic E-state index is 10.4. The van der Waals surface area contributed by atoms with Crippen LogP contribution in [0, 0.1) is 0 Å². The molecule has 0 aliphatic carbocycles. The number of primary amides is 1. The Morgan fingerprint density at radius 2 is 2.07 bits per heavy atom. The van der Waals surface area contributed by atoms with Crippen molar-refractivity contribution in [1.29, 1.82) is 0 Å². The fraction of sp³-hybridized carbons (Fsp3) is 0.300. The summed E-state index contributed by atoms with van der Waals surface area (Å²) < 4.78 is 5.02. The van der Waals surface area contributed by atoms with E-state index < -0.39 is 0 Å². The molecule has 0 unspecified atom stereocenters. The summed E-state index contributed by atoms with van der Waals surface area (Å²) in [5, 5.41) is 2.92. The highest BCUT2D eigenvalue weighted by Crippen LogP contribution is 2.10. The van der Waals surface area contributed by atoms with Gasteiger partial charge in [-0.15, -0.1) is 0 Å². The number of ether oxygens (including phenoxy) is 1. The van der Waals surface area contributed by atoms with Crippen LogP contribution in [0.1, 0.15) is 5.56 Å². The molecule has 1 aromatic rings. The standard InChI is InChI=1S/C10H14N2O2/c1-14-9-4-2-8(3-5-9)6-12-7-10(11)13/h2-5,12H,6-7H2,1H3,(H2,11,13). The lowest BCUT2D eigenvalue weighted by atomic mass is 10.2. The molecule has 4 nitrogen and oxygen atoms in total. The summed E-state index contributed by atoms with van der Waals surface area (Å²) in [7, 11) is 1.63. The van der Waals surface area contributed by atoms with Crippen molar-refractivity contribution in [2.24, 2.45) is 5.73 Å². The molecule has 1 rings (SSSR count). The first-order valence-corrected chi connectivity index (χ1v) is 4.34. The maximum absolute atomic E-state index is 10.4. The highest BCUT2D eigenvalue weighted by atomic mass is 16.5. The van der Waals surface area contributed by atoms with E-state index in [0.717, 1.165) is 11.3 Å². The molecule has 0 atom stereocenters. The number of benzene rings is 1. The van der Waals surface area contributed by atoms with Crippen LogP contribution in [-0.4, -0.2) is 19.6 Å². The lowest BCUT2D eigenvalue weighted by molar-refractivity contribution is -0.117. The van der Waals surface area contributed by atoms with Gasteiger partial charge >= 0.3 is 0 Å². The van der Waals surface area contributed by atoms with Crippen LogP contribution >= 0.6 is 0 Å². The van der Waals surface area contributed by atoms with E-state index in [1.165, 1.54) is 0 Å². The van der Waals surface area contributed by atoms with Crippen molar-refractivity contribution in [3.63, 3.8) is 0 Å². The van der Waals surface area contributed by atoms with Crippen LogP contribution in [0.15, 0.2) is 24.3 Å². The predicted octanol–water partition coefficient (Wildman–Crippen LogP) is 0.270. The number of rotatable bonds is 5. The number of hydrogen-bond acceptors (Lipinski definition) is 3. The Morgan fingerprint density at radius 3 is 2.57 bits per heavy atom. The van der Waals surface area contributed by atoms with E-state index in [1.807, 2.05) is 24.3 Å². The van der Waals surface area contributed by atoms with Crippen LogP contribution in [0.5, 0.6) is 5.75 Å². The van der Waals surface area contributed by atoms with Crippen molar-refractivity contribution in [3.05, 3.63) is 29.8 Å². The Hall–Kier alpha value is -1.55. The number of carbonyl (C=O) groups excluding carboxylic acids is 1. The van der Waals surface area contributed by atoms with Gasteiger partial charge in [-0.1, -0.05) is 12.1 Å². The molecule has 0 aliphatic rings. The fourth-order valence-electron chi connectivity index (χ4n) is 1.07. The first-order valence-electron chi connectivity index (χ1n) is 4.34. The zero-order chi connectivity index (χ0) is 10.4. The highest BCUT2D eigenvalue weighted by Gasteiger charge is 1.95. The third-order valence-electron chi connectivity index (χ3n) is 1.79. The molecule has 0 aromatic heterocycles. The molecule has 0 spiro atoms. The normalized spacial score (nSPS) is 9.79. The molecule has 1 amide bonds. The fourth-order valence-corrected chi connectivity index (χ4v) is 1.07. The second-order valence-electron chi connectivity index (χ2n) is 2.92. The Bertz CT molecular complexity index is 295. The summed E-state index contributed by atoms with van der Waals surface area (Å²) in [6.45, 7) is 0.832. The zero-order valence-corrected chi connectivity index (χ0v) is 8.12. The molecule has 3 N–H and O–H groups in total. The van der Waals surface area contributed by atoms with Gasteiger partial charge in [0.05, 0.1) is 13.7 Å². The molecule has 0 bridgehead atoms. The van der Waals surface area contributed by atoms with E-state index in [-0.39, 0.29) is 12.5 Å². The van der Waals surface area contributed by atoms with E-state index in [0.29, 0.717) is 6.54 Å². The van der Waals surface area contributed by atoms with Crippen LogP contribution in [-0.2, 0) is 11.3 Å². The Kier molecular flexibility index (Phi) is 3.94. The minimum absolute atomic E-state index is 0.200. The third kappa shape index (κ3) is 3.45. The molecule has 76 valence electrons. The van der Waals surface area contributed by atoms with Crippen molar-refractivity contribution < 1.29 is 9.53 Å². The van der Waals surface area contributed by atoms with Crippen LogP contribution in [0.2, 0.25) is 0 Å². The Balaban J connectivity index is 2.40. The average Bonchev–Trinajstić information content (AvgIpc) is 2.18. The summed E-state index contributed by atoms with van der Waals surface area (Å²) in [5.74, 6) is 0.474. The van der Waals surface area contributed by atoms with Gasteiger partial charge in [-0.3, -0.25) is 4.79 Å². The molecule has 0 fully saturated rings. The van der Waals surface area contributed by atoms with Gasteiger partial charge in [-0.05, 0) is 17.7 Å². The minimum Gasteiger partial charge on any atom is -0.497 e. The quantitative estimate of drug-likeness (QED) is 0.707. The van der Waals surface area contributed by atoms with Crippen molar-refractivity contribution in [2.45, 2.75) is 6.54 Å². The second kappa shape index (κ2) is 5.24. The van der Waals surface area contributed by atoms with E-state index >= 15 is 0 Å². The third-order valence-corrected chi connectivity index (χ3v) is 1.79. The van der Waals surface area contributed by atoms with Gasteiger partial charge in [0.1, 0.15) is 5.75 Å². The predicted molar refractivity (Wildman–Crippen MR) is 53.9 cm³/mol.